The van der Waals surface area contributed by atoms with Crippen LogP contribution in [0.2, 0.25) is 0 Å². The molecule has 92 valence electrons. The van der Waals surface area contributed by atoms with Gasteiger partial charge in [0.05, 0.1) is 11.0 Å². The van der Waals surface area contributed by atoms with Crippen LogP contribution in [0, 0.1) is 5.92 Å². The maximum absolute atomic E-state index is 11.1. The monoisotopic (exact) mass is 233 g/mol. The minimum atomic E-state index is -0.160. The van der Waals surface area contributed by atoms with E-state index in [4.69, 9.17) is 0 Å². The first kappa shape index (κ1) is 11.8. The summed E-state index contributed by atoms with van der Waals surface area (Å²) >= 11 is 0. The Balaban J connectivity index is 2.16. The highest BCUT2D eigenvalue weighted by molar-refractivity contribution is 5.78. The lowest BCUT2D eigenvalue weighted by Crippen LogP contribution is -2.17. The predicted molar refractivity (Wildman–Crippen MR) is 71.5 cm³/mol. The van der Waals surface area contributed by atoms with Gasteiger partial charge in [0.2, 0.25) is 0 Å². The SMILES string of the molecule is CC(C)CC(C)Nc1ccc2[nH]c(=O)[nH]c2c1. The van der Waals surface area contributed by atoms with E-state index in [1.54, 1.807) is 0 Å². The molecule has 1 heterocycles. The molecule has 0 saturated heterocycles. The lowest BCUT2D eigenvalue weighted by molar-refractivity contribution is 0.540. The van der Waals surface area contributed by atoms with Crippen molar-refractivity contribution < 1.29 is 0 Å². The van der Waals surface area contributed by atoms with Gasteiger partial charge in [0.15, 0.2) is 0 Å². The van der Waals surface area contributed by atoms with Gasteiger partial charge in [-0.05, 0) is 37.5 Å². The Morgan fingerprint density at radius 1 is 1.18 bits per heavy atom. The van der Waals surface area contributed by atoms with Crippen LogP contribution in [0.3, 0.4) is 0 Å². The summed E-state index contributed by atoms with van der Waals surface area (Å²) in [5, 5.41) is 3.44. The van der Waals surface area contributed by atoms with Crippen LogP contribution in [0.25, 0.3) is 11.0 Å². The molecule has 0 aliphatic heterocycles. The Morgan fingerprint density at radius 3 is 2.59 bits per heavy atom. The molecule has 0 fully saturated rings. The zero-order chi connectivity index (χ0) is 12.4. The number of aromatic amines is 2. The van der Waals surface area contributed by atoms with Crippen molar-refractivity contribution in [3.63, 3.8) is 0 Å². The fourth-order valence-electron chi connectivity index (χ4n) is 2.17. The van der Waals surface area contributed by atoms with E-state index in [9.17, 15) is 4.79 Å². The summed E-state index contributed by atoms with van der Waals surface area (Å²) in [5.41, 5.74) is 2.57. The Morgan fingerprint density at radius 2 is 1.88 bits per heavy atom. The van der Waals surface area contributed by atoms with Gasteiger partial charge >= 0.3 is 5.69 Å². The third-order valence-electron chi connectivity index (χ3n) is 2.75. The Kier molecular flexibility index (Phi) is 3.22. The first-order valence-electron chi connectivity index (χ1n) is 6.03. The predicted octanol–water partition coefficient (Wildman–Crippen LogP) is 2.70. The van der Waals surface area contributed by atoms with E-state index in [1.807, 2.05) is 18.2 Å². The molecule has 0 bridgehead atoms. The van der Waals surface area contributed by atoms with Gasteiger partial charge in [0, 0.05) is 11.7 Å². The highest BCUT2D eigenvalue weighted by atomic mass is 16.1. The number of imidazole rings is 1. The summed E-state index contributed by atoms with van der Waals surface area (Å²) in [4.78, 5) is 16.6. The van der Waals surface area contributed by atoms with Gasteiger partial charge in [-0.1, -0.05) is 13.8 Å². The van der Waals surface area contributed by atoms with Crippen LogP contribution >= 0.6 is 0 Å². The average Bonchev–Trinajstić information content (AvgIpc) is 2.55. The van der Waals surface area contributed by atoms with Crippen LogP contribution < -0.4 is 11.0 Å². The maximum atomic E-state index is 11.1. The number of hydrogen-bond acceptors (Lipinski definition) is 2. The van der Waals surface area contributed by atoms with Crippen LogP contribution in [0.4, 0.5) is 5.69 Å². The normalized spacial score (nSPS) is 13.2. The van der Waals surface area contributed by atoms with Gasteiger partial charge in [-0.15, -0.1) is 0 Å². The fourth-order valence-corrected chi connectivity index (χ4v) is 2.17. The molecule has 3 N–H and O–H groups in total. The molecule has 17 heavy (non-hydrogen) atoms. The zero-order valence-electron chi connectivity index (χ0n) is 10.5. The number of nitrogens with one attached hydrogen (secondary N) is 3. The average molecular weight is 233 g/mol. The highest BCUT2D eigenvalue weighted by Gasteiger charge is 2.06. The second-order valence-corrected chi connectivity index (χ2v) is 5.01. The van der Waals surface area contributed by atoms with Crippen LogP contribution in [0.5, 0.6) is 0 Å². The number of hydrogen-bond donors (Lipinski definition) is 3. The topological polar surface area (TPSA) is 60.7 Å². The zero-order valence-corrected chi connectivity index (χ0v) is 10.5. The largest absolute Gasteiger partial charge is 0.383 e. The summed E-state index contributed by atoms with van der Waals surface area (Å²) in [6.07, 6.45) is 1.13. The molecule has 0 aliphatic rings. The Labute approximate surface area is 100 Å². The second kappa shape index (κ2) is 4.65. The molecule has 4 heteroatoms. The first-order valence-corrected chi connectivity index (χ1v) is 6.03. The molecule has 4 nitrogen and oxygen atoms in total. The smallest absolute Gasteiger partial charge is 0.323 e. The van der Waals surface area contributed by atoms with Crippen molar-refractivity contribution in [2.24, 2.45) is 5.92 Å². The third-order valence-corrected chi connectivity index (χ3v) is 2.75. The molecular formula is C13H19N3O. The highest BCUT2D eigenvalue weighted by Crippen LogP contribution is 2.17. The molecule has 0 saturated carbocycles. The summed E-state index contributed by atoms with van der Waals surface area (Å²) in [7, 11) is 0. The van der Waals surface area contributed by atoms with Crippen molar-refractivity contribution in [2.45, 2.75) is 33.2 Å². The van der Waals surface area contributed by atoms with E-state index < -0.39 is 0 Å². The number of rotatable bonds is 4. The van der Waals surface area contributed by atoms with Crippen LogP contribution in [-0.2, 0) is 0 Å². The van der Waals surface area contributed by atoms with Gasteiger partial charge in [-0.25, -0.2) is 4.79 Å². The summed E-state index contributed by atoms with van der Waals surface area (Å²) in [6, 6.07) is 6.29. The van der Waals surface area contributed by atoms with Gasteiger partial charge < -0.3 is 15.3 Å². The van der Waals surface area contributed by atoms with E-state index in [-0.39, 0.29) is 5.69 Å². The van der Waals surface area contributed by atoms with Crippen LogP contribution in [0.1, 0.15) is 27.2 Å². The molecule has 0 radical (unpaired) electrons. The molecule has 1 atom stereocenters. The number of benzene rings is 1. The van der Waals surface area contributed by atoms with Crippen LogP contribution in [-0.4, -0.2) is 16.0 Å². The number of fused-ring (bicyclic) bond motifs is 1. The van der Waals surface area contributed by atoms with E-state index in [0.717, 1.165) is 23.1 Å². The molecule has 1 aromatic heterocycles. The lowest BCUT2D eigenvalue weighted by Gasteiger charge is -2.17. The maximum Gasteiger partial charge on any atom is 0.323 e. The van der Waals surface area contributed by atoms with Gasteiger partial charge in [-0.2, -0.15) is 0 Å². The van der Waals surface area contributed by atoms with Crippen molar-refractivity contribution in [2.75, 3.05) is 5.32 Å². The first-order chi connectivity index (χ1) is 8.04. The summed E-state index contributed by atoms with van der Waals surface area (Å²) in [6.45, 7) is 6.60. The fraction of sp³-hybridized carbons (Fsp3) is 0.462. The number of aromatic nitrogens is 2. The molecule has 0 aliphatic carbocycles. The summed E-state index contributed by atoms with van der Waals surface area (Å²) in [5.74, 6) is 0.674. The van der Waals surface area contributed by atoms with Crippen molar-refractivity contribution >= 4 is 16.7 Å². The van der Waals surface area contributed by atoms with E-state index in [2.05, 4.69) is 36.1 Å². The van der Waals surface area contributed by atoms with E-state index in [1.165, 1.54) is 0 Å². The quantitative estimate of drug-likeness (QED) is 0.760. The minimum absolute atomic E-state index is 0.160. The second-order valence-electron chi connectivity index (χ2n) is 5.01. The molecule has 0 spiro atoms. The lowest BCUT2D eigenvalue weighted by atomic mass is 10.1. The Bertz CT molecular complexity index is 553. The summed E-state index contributed by atoms with van der Waals surface area (Å²) < 4.78 is 0. The molecule has 1 unspecified atom stereocenters. The Hall–Kier alpha value is -1.71. The van der Waals surface area contributed by atoms with Gasteiger partial charge in [-0.3, -0.25) is 0 Å². The number of H-pyrrole nitrogens is 2. The van der Waals surface area contributed by atoms with Gasteiger partial charge in [0.25, 0.3) is 0 Å². The van der Waals surface area contributed by atoms with Crippen molar-refractivity contribution in [3.05, 3.63) is 28.7 Å². The third kappa shape index (κ3) is 2.90. The minimum Gasteiger partial charge on any atom is -0.383 e. The molecule has 2 rings (SSSR count). The van der Waals surface area contributed by atoms with E-state index in [0.29, 0.717) is 12.0 Å². The molecule has 2 aromatic rings. The van der Waals surface area contributed by atoms with Crippen LogP contribution in [0.15, 0.2) is 23.0 Å². The number of anilines is 1. The van der Waals surface area contributed by atoms with Crippen molar-refractivity contribution in [3.8, 4) is 0 Å². The van der Waals surface area contributed by atoms with E-state index >= 15 is 0 Å². The van der Waals surface area contributed by atoms with Gasteiger partial charge in [0.1, 0.15) is 0 Å². The molecule has 1 aromatic carbocycles. The molecular weight excluding hydrogens is 214 g/mol. The standard InChI is InChI=1S/C13H19N3O/c1-8(2)6-9(3)14-10-4-5-11-12(7-10)16-13(17)15-11/h4-5,7-9,14H,6H2,1-3H3,(H2,15,16,17). The molecule has 0 amide bonds. The van der Waals surface area contributed by atoms with Crippen molar-refractivity contribution in [1.29, 1.82) is 0 Å². The van der Waals surface area contributed by atoms with Crippen molar-refractivity contribution in [1.82, 2.24) is 9.97 Å².